The van der Waals surface area contributed by atoms with Gasteiger partial charge in [0, 0.05) is 5.56 Å². The average molecular weight is 477 g/mol. The molecule has 0 bridgehead atoms. The van der Waals surface area contributed by atoms with Crippen LogP contribution in [0, 0.1) is 17.6 Å². The molecule has 1 aliphatic rings. The molecule has 0 N–H and O–H groups in total. The molecule has 4 rings (SSSR count). The van der Waals surface area contributed by atoms with Crippen LogP contribution in [0.2, 0.25) is 0 Å². The Hall–Kier alpha value is -3.14. The second-order valence-electron chi connectivity index (χ2n) is 9.39. The first-order chi connectivity index (χ1) is 17.1. The quantitative estimate of drug-likeness (QED) is 0.287. The van der Waals surface area contributed by atoms with Crippen LogP contribution < -0.4 is 9.47 Å². The number of hydrogen-bond acceptors (Lipinski definition) is 2. The van der Waals surface area contributed by atoms with E-state index in [-0.39, 0.29) is 11.3 Å². The van der Waals surface area contributed by atoms with Gasteiger partial charge < -0.3 is 9.47 Å². The Labute approximate surface area is 207 Å². The SMILES string of the molecule is C/C=C/Oc1ccc(-c2ccc(COc3ccc(C4CCC(CCC)CC4)cc3)cc2)c(F)c1F. The molecule has 3 aromatic rings. The largest absolute Gasteiger partial charge is 0.489 e. The van der Waals surface area contributed by atoms with Gasteiger partial charge in [0.2, 0.25) is 5.82 Å². The zero-order chi connectivity index (χ0) is 24.6. The molecule has 3 aromatic carbocycles. The normalized spacial score (nSPS) is 18.1. The Morgan fingerprint density at radius 2 is 1.57 bits per heavy atom. The van der Waals surface area contributed by atoms with Crippen molar-refractivity contribution in [3.05, 3.63) is 95.8 Å². The minimum absolute atomic E-state index is 0.135. The topological polar surface area (TPSA) is 18.5 Å². The first kappa shape index (κ1) is 25.0. The van der Waals surface area contributed by atoms with E-state index >= 15 is 0 Å². The van der Waals surface area contributed by atoms with Gasteiger partial charge in [-0.2, -0.15) is 4.39 Å². The first-order valence-corrected chi connectivity index (χ1v) is 12.7. The van der Waals surface area contributed by atoms with Crippen LogP contribution >= 0.6 is 0 Å². The van der Waals surface area contributed by atoms with E-state index in [9.17, 15) is 8.78 Å². The molecule has 35 heavy (non-hydrogen) atoms. The fraction of sp³-hybridized carbons (Fsp3) is 0.355. The lowest BCUT2D eigenvalue weighted by molar-refractivity contribution is 0.303. The Kier molecular flexibility index (Phi) is 8.57. The van der Waals surface area contributed by atoms with Crippen LogP contribution in [0.4, 0.5) is 8.78 Å². The summed E-state index contributed by atoms with van der Waals surface area (Å²) in [5.41, 5.74) is 3.16. The van der Waals surface area contributed by atoms with E-state index in [1.807, 2.05) is 12.1 Å². The summed E-state index contributed by atoms with van der Waals surface area (Å²) in [5, 5.41) is 0. The standard InChI is InChI=1S/C31H34F2O2/c1-3-5-22-6-10-24(11-7-22)25-14-16-27(17-15-25)35-21-23-8-12-26(13-9-23)28-18-19-29(34-20-4-2)31(33)30(28)32/h4,8-9,12-20,22,24H,3,5-7,10-11,21H2,1-2H3/b20-4+. The van der Waals surface area contributed by atoms with Crippen molar-refractivity contribution < 1.29 is 18.3 Å². The lowest BCUT2D eigenvalue weighted by Crippen LogP contribution is -2.13. The van der Waals surface area contributed by atoms with Gasteiger partial charge in [0.25, 0.3) is 0 Å². The molecular weight excluding hydrogens is 442 g/mol. The van der Waals surface area contributed by atoms with Crippen molar-refractivity contribution in [3.63, 3.8) is 0 Å². The fourth-order valence-corrected chi connectivity index (χ4v) is 4.96. The summed E-state index contributed by atoms with van der Waals surface area (Å²) in [6.45, 7) is 4.43. The molecule has 0 heterocycles. The van der Waals surface area contributed by atoms with Crippen LogP contribution in [-0.4, -0.2) is 0 Å². The minimum Gasteiger partial charge on any atom is -0.489 e. The number of hydrogen-bond donors (Lipinski definition) is 0. The van der Waals surface area contributed by atoms with E-state index in [2.05, 4.69) is 31.2 Å². The predicted molar refractivity (Wildman–Crippen MR) is 138 cm³/mol. The summed E-state index contributed by atoms with van der Waals surface area (Å²) < 4.78 is 39.9. The molecule has 0 atom stereocenters. The highest BCUT2D eigenvalue weighted by Gasteiger charge is 2.21. The van der Waals surface area contributed by atoms with E-state index in [1.165, 1.54) is 62.5 Å². The molecule has 0 aliphatic heterocycles. The smallest absolute Gasteiger partial charge is 0.201 e. The molecule has 184 valence electrons. The molecule has 1 saturated carbocycles. The van der Waals surface area contributed by atoms with Crippen LogP contribution in [0.1, 0.15) is 69.4 Å². The van der Waals surface area contributed by atoms with Crippen molar-refractivity contribution in [1.29, 1.82) is 0 Å². The second-order valence-corrected chi connectivity index (χ2v) is 9.39. The lowest BCUT2D eigenvalue weighted by Gasteiger charge is -2.28. The van der Waals surface area contributed by atoms with Gasteiger partial charge in [0.1, 0.15) is 12.4 Å². The first-order valence-electron chi connectivity index (χ1n) is 12.7. The van der Waals surface area contributed by atoms with Crippen LogP contribution in [0.5, 0.6) is 11.5 Å². The molecular formula is C31H34F2O2. The van der Waals surface area contributed by atoms with Gasteiger partial charge in [-0.3, -0.25) is 0 Å². The van der Waals surface area contributed by atoms with Gasteiger partial charge in [0.05, 0.1) is 6.26 Å². The summed E-state index contributed by atoms with van der Waals surface area (Å²) in [6, 6.07) is 18.8. The number of allylic oxidation sites excluding steroid dienone is 1. The van der Waals surface area contributed by atoms with Crippen molar-refractivity contribution in [2.45, 2.75) is 64.9 Å². The van der Waals surface area contributed by atoms with E-state index in [1.54, 1.807) is 25.1 Å². The average Bonchev–Trinajstić information content (AvgIpc) is 2.90. The van der Waals surface area contributed by atoms with Crippen LogP contribution in [-0.2, 0) is 6.61 Å². The molecule has 1 aliphatic carbocycles. The summed E-state index contributed by atoms with van der Waals surface area (Å²) in [4.78, 5) is 0. The monoisotopic (exact) mass is 476 g/mol. The molecule has 0 amide bonds. The Morgan fingerprint density at radius 1 is 0.857 bits per heavy atom. The van der Waals surface area contributed by atoms with Gasteiger partial charge in [-0.25, -0.2) is 4.39 Å². The van der Waals surface area contributed by atoms with E-state index in [0.29, 0.717) is 18.1 Å². The number of benzene rings is 3. The highest BCUT2D eigenvalue weighted by molar-refractivity contribution is 5.65. The van der Waals surface area contributed by atoms with Crippen molar-refractivity contribution >= 4 is 0 Å². The molecule has 4 heteroatoms. The molecule has 0 saturated heterocycles. The van der Waals surface area contributed by atoms with E-state index in [0.717, 1.165) is 17.2 Å². The molecule has 0 aromatic heterocycles. The van der Waals surface area contributed by atoms with Crippen LogP contribution in [0.25, 0.3) is 11.1 Å². The zero-order valence-electron chi connectivity index (χ0n) is 20.6. The predicted octanol–water partition coefficient (Wildman–Crippen LogP) is 9.20. The lowest BCUT2D eigenvalue weighted by atomic mass is 9.77. The summed E-state index contributed by atoms with van der Waals surface area (Å²) in [7, 11) is 0. The maximum atomic E-state index is 14.6. The zero-order valence-corrected chi connectivity index (χ0v) is 20.6. The van der Waals surface area contributed by atoms with Crippen molar-refractivity contribution in [2.24, 2.45) is 5.92 Å². The highest BCUT2D eigenvalue weighted by atomic mass is 19.2. The van der Waals surface area contributed by atoms with Crippen molar-refractivity contribution in [1.82, 2.24) is 0 Å². The number of rotatable bonds is 9. The number of halogens is 2. The van der Waals surface area contributed by atoms with Crippen molar-refractivity contribution in [3.8, 4) is 22.6 Å². The van der Waals surface area contributed by atoms with E-state index in [4.69, 9.17) is 9.47 Å². The summed E-state index contributed by atoms with van der Waals surface area (Å²) in [5.74, 6) is 0.364. The van der Waals surface area contributed by atoms with Gasteiger partial charge >= 0.3 is 0 Å². The number of ether oxygens (including phenoxy) is 2. The maximum absolute atomic E-state index is 14.6. The van der Waals surface area contributed by atoms with Gasteiger partial charge in [0.15, 0.2) is 11.6 Å². The summed E-state index contributed by atoms with van der Waals surface area (Å²) >= 11 is 0. The van der Waals surface area contributed by atoms with Crippen LogP contribution in [0.15, 0.2) is 73.0 Å². The third-order valence-electron chi connectivity index (χ3n) is 6.94. The van der Waals surface area contributed by atoms with E-state index < -0.39 is 11.6 Å². The molecule has 1 fully saturated rings. The molecule has 0 unspecified atom stereocenters. The third-order valence-corrected chi connectivity index (χ3v) is 6.94. The van der Waals surface area contributed by atoms with Gasteiger partial charge in [-0.05, 0) is 85.4 Å². The Morgan fingerprint density at radius 3 is 2.23 bits per heavy atom. The molecule has 0 spiro atoms. The fourth-order valence-electron chi connectivity index (χ4n) is 4.96. The highest BCUT2D eigenvalue weighted by Crippen LogP contribution is 2.38. The minimum atomic E-state index is -0.995. The summed E-state index contributed by atoms with van der Waals surface area (Å²) in [6.07, 6.45) is 10.8. The van der Waals surface area contributed by atoms with Crippen molar-refractivity contribution in [2.75, 3.05) is 0 Å². The van der Waals surface area contributed by atoms with Crippen LogP contribution in [0.3, 0.4) is 0 Å². The van der Waals surface area contributed by atoms with Gasteiger partial charge in [-0.15, -0.1) is 0 Å². The Balaban J connectivity index is 1.33. The third kappa shape index (κ3) is 6.30. The molecule has 0 radical (unpaired) electrons. The van der Waals surface area contributed by atoms with Gasteiger partial charge in [-0.1, -0.05) is 62.2 Å². The molecule has 2 nitrogen and oxygen atoms in total. The second kappa shape index (κ2) is 12.0. The maximum Gasteiger partial charge on any atom is 0.201 e. The Bertz CT molecular complexity index is 1110.